The minimum Gasteiger partial charge on any atom is -0.478 e. The minimum atomic E-state index is -0.874. The second-order valence-corrected chi connectivity index (χ2v) is 5.40. The molecule has 0 radical (unpaired) electrons. The van der Waals surface area contributed by atoms with Gasteiger partial charge in [-0.2, -0.15) is 0 Å². The zero-order valence-corrected chi connectivity index (χ0v) is 12.0. The number of unbranched alkanes of at least 4 members (excludes halogenated alkanes) is 2. The fourth-order valence-corrected chi connectivity index (χ4v) is 2.37. The number of rotatable bonds is 8. The highest BCUT2D eigenvalue weighted by Crippen LogP contribution is 2.16. The quantitative estimate of drug-likeness (QED) is 0.742. The molecule has 0 amide bonds. The van der Waals surface area contributed by atoms with Gasteiger partial charge in [-0.05, 0) is 24.1 Å². The van der Waals surface area contributed by atoms with E-state index in [1.54, 1.807) is 12.1 Å². The molecule has 0 saturated carbocycles. The maximum Gasteiger partial charge on any atom is 0.335 e. The highest BCUT2D eigenvalue weighted by atomic mass is 16.5. The third-order valence-corrected chi connectivity index (χ3v) is 3.63. The largest absolute Gasteiger partial charge is 0.478 e. The molecule has 1 saturated heterocycles. The van der Waals surface area contributed by atoms with E-state index in [4.69, 9.17) is 9.84 Å². The van der Waals surface area contributed by atoms with E-state index in [2.05, 4.69) is 11.8 Å². The van der Waals surface area contributed by atoms with Crippen LogP contribution in [0.25, 0.3) is 0 Å². The number of hydrogen-bond donors (Lipinski definition) is 1. The monoisotopic (exact) mass is 277 g/mol. The predicted octanol–water partition coefficient (Wildman–Crippen LogP) is 2.78. The maximum absolute atomic E-state index is 10.8. The first-order valence-corrected chi connectivity index (χ1v) is 7.35. The maximum atomic E-state index is 10.8. The molecule has 1 fully saturated rings. The topological polar surface area (TPSA) is 49.8 Å². The Balaban J connectivity index is 1.65. The summed E-state index contributed by atoms with van der Waals surface area (Å²) in [5.74, 6) is -0.874. The van der Waals surface area contributed by atoms with Crippen molar-refractivity contribution in [3.05, 3.63) is 35.4 Å². The molecule has 0 spiro atoms. The number of hydrogen-bond acceptors (Lipinski definition) is 3. The molecule has 4 nitrogen and oxygen atoms in total. The Labute approximate surface area is 120 Å². The van der Waals surface area contributed by atoms with Gasteiger partial charge in [0.15, 0.2) is 0 Å². The number of nitrogens with zero attached hydrogens (tertiary/aromatic N) is 1. The minimum absolute atomic E-state index is 0.342. The van der Waals surface area contributed by atoms with Crippen molar-refractivity contribution >= 4 is 5.97 Å². The summed E-state index contributed by atoms with van der Waals surface area (Å²) in [6.07, 6.45) is 4.01. The number of carboxylic acid groups (broad SMARTS) is 1. The van der Waals surface area contributed by atoms with Crippen LogP contribution in [-0.2, 0) is 11.3 Å². The first-order chi connectivity index (χ1) is 9.69. The summed E-state index contributed by atoms with van der Waals surface area (Å²) in [5.41, 5.74) is 1.49. The molecule has 20 heavy (non-hydrogen) atoms. The summed E-state index contributed by atoms with van der Waals surface area (Å²) < 4.78 is 5.78. The second kappa shape index (κ2) is 7.41. The van der Waals surface area contributed by atoms with Gasteiger partial charge in [0, 0.05) is 26.2 Å². The lowest BCUT2D eigenvalue weighted by Crippen LogP contribution is -2.51. The van der Waals surface area contributed by atoms with Crippen LogP contribution in [0.15, 0.2) is 24.3 Å². The number of aromatic carboxylic acids is 1. The molecule has 1 heterocycles. The third-order valence-electron chi connectivity index (χ3n) is 3.63. The van der Waals surface area contributed by atoms with E-state index in [1.165, 1.54) is 12.8 Å². The van der Waals surface area contributed by atoms with Crippen LogP contribution >= 0.6 is 0 Å². The van der Waals surface area contributed by atoms with Crippen molar-refractivity contribution < 1.29 is 14.6 Å². The molecule has 1 aliphatic rings. The van der Waals surface area contributed by atoms with E-state index < -0.39 is 5.97 Å². The van der Waals surface area contributed by atoms with Crippen LogP contribution in [0, 0.1) is 0 Å². The van der Waals surface area contributed by atoms with Gasteiger partial charge in [0.2, 0.25) is 0 Å². The highest BCUT2D eigenvalue weighted by Gasteiger charge is 2.26. The summed E-state index contributed by atoms with van der Waals surface area (Å²) in [6.45, 7) is 5.90. The van der Waals surface area contributed by atoms with Crippen molar-refractivity contribution in [3.8, 4) is 0 Å². The lowest BCUT2D eigenvalue weighted by molar-refractivity contribution is -0.0586. The molecule has 0 atom stereocenters. The zero-order valence-electron chi connectivity index (χ0n) is 12.0. The highest BCUT2D eigenvalue weighted by molar-refractivity contribution is 5.87. The van der Waals surface area contributed by atoms with Gasteiger partial charge in [0.05, 0.1) is 11.7 Å². The van der Waals surface area contributed by atoms with E-state index >= 15 is 0 Å². The normalized spacial score (nSPS) is 16.1. The van der Waals surface area contributed by atoms with E-state index in [0.29, 0.717) is 11.7 Å². The Bertz CT molecular complexity index is 424. The number of likely N-dealkylation sites (tertiary alicyclic amines) is 1. The first kappa shape index (κ1) is 15.0. The van der Waals surface area contributed by atoms with Crippen molar-refractivity contribution in [2.75, 3.05) is 19.7 Å². The summed E-state index contributed by atoms with van der Waals surface area (Å²) >= 11 is 0. The van der Waals surface area contributed by atoms with Crippen LogP contribution in [0.2, 0.25) is 0 Å². The van der Waals surface area contributed by atoms with Crippen molar-refractivity contribution in [3.63, 3.8) is 0 Å². The van der Waals surface area contributed by atoms with Crippen LogP contribution in [0.1, 0.15) is 42.1 Å². The molecular weight excluding hydrogens is 254 g/mol. The zero-order chi connectivity index (χ0) is 14.4. The summed E-state index contributed by atoms with van der Waals surface area (Å²) in [7, 11) is 0. The van der Waals surface area contributed by atoms with Gasteiger partial charge < -0.3 is 9.84 Å². The fraction of sp³-hybridized carbons (Fsp3) is 0.562. The van der Waals surface area contributed by atoms with E-state index in [0.717, 1.165) is 38.2 Å². The second-order valence-electron chi connectivity index (χ2n) is 5.40. The molecule has 4 heteroatoms. The molecule has 0 bridgehead atoms. The van der Waals surface area contributed by atoms with Crippen molar-refractivity contribution in [1.29, 1.82) is 0 Å². The summed E-state index contributed by atoms with van der Waals surface area (Å²) in [4.78, 5) is 13.1. The fourth-order valence-electron chi connectivity index (χ4n) is 2.37. The number of benzene rings is 1. The van der Waals surface area contributed by atoms with Gasteiger partial charge in [-0.25, -0.2) is 4.79 Å². The SMILES string of the molecule is CCCCCOC1CN(Cc2ccc(C(=O)O)cc2)C1. The molecule has 1 aromatic carbocycles. The van der Waals surface area contributed by atoms with Gasteiger partial charge in [0.1, 0.15) is 0 Å². The van der Waals surface area contributed by atoms with Crippen molar-refractivity contribution in [1.82, 2.24) is 4.90 Å². The third kappa shape index (κ3) is 4.32. The van der Waals surface area contributed by atoms with Crippen molar-refractivity contribution in [2.24, 2.45) is 0 Å². The lowest BCUT2D eigenvalue weighted by atomic mass is 10.1. The number of carbonyl (C=O) groups is 1. The van der Waals surface area contributed by atoms with Crippen molar-refractivity contribution in [2.45, 2.75) is 38.8 Å². The van der Waals surface area contributed by atoms with Crippen LogP contribution in [0.3, 0.4) is 0 Å². The van der Waals surface area contributed by atoms with Gasteiger partial charge in [-0.1, -0.05) is 31.9 Å². The van der Waals surface area contributed by atoms with Crippen LogP contribution < -0.4 is 0 Å². The number of ether oxygens (including phenoxy) is 1. The molecule has 1 aromatic rings. The van der Waals surface area contributed by atoms with E-state index in [9.17, 15) is 4.79 Å². The van der Waals surface area contributed by atoms with Gasteiger partial charge in [-0.3, -0.25) is 4.90 Å². The Kier molecular flexibility index (Phi) is 5.56. The predicted molar refractivity (Wildman–Crippen MR) is 77.9 cm³/mol. The lowest BCUT2D eigenvalue weighted by Gasteiger charge is -2.39. The van der Waals surface area contributed by atoms with Gasteiger partial charge >= 0.3 is 5.97 Å². The Morgan fingerprint density at radius 2 is 2.00 bits per heavy atom. The molecule has 0 aliphatic carbocycles. The standard InChI is InChI=1S/C16H23NO3/c1-2-3-4-9-20-15-11-17(12-15)10-13-5-7-14(8-6-13)16(18)19/h5-8,15H,2-4,9-12H2,1H3,(H,18,19). The molecular formula is C16H23NO3. The van der Waals surface area contributed by atoms with Crippen LogP contribution in [0.5, 0.6) is 0 Å². The van der Waals surface area contributed by atoms with Gasteiger partial charge in [-0.15, -0.1) is 0 Å². The molecule has 0 aromatic heterocycles. The Morgan fingerprint density at radius 3 is 2.60 bits per heavy atom. The van der Waals surface area contributed by atoms with Gasteiger partial charge in [0.25, 0.3) is 0 Å². The molecule has 2 rings (SSSR count). The average molecular weight is 277 g/mol. The smallest absolute Gasteiger partial charge is 0.335 e. The first-order valence-electron chi connectivity index (χ1n) is 7.35. The Morgan fingerprint density at radius 1 is 1.30 bits per heavy atom. The molecule has 110 valence electrons. The Hall–Kier alpha value is -1.39. The van der Waals surface area contributed by atoms with Crippen LogP contribution in [-0.4, -0.2) is 41.8 Å². The summed E-state index contributed by atoms with van der Waals surface area (Å²) in [6, 6.07) is 7.10. The molecule has 0 unspecified atom stereocenters. The van der Waals surface area contributed by atoms with Crippen LogP contribution in [0.4, 0.5) is 0 Å². The molecule has 1 N–H and O–H groups in total. The van der Waals surface area contributed by atoms with E-state index in [-0.39, 0.29) is 0 Å². The number of carboxylic acids is 1. The average Bonchev–Trinajstić information content (AvgIpc) is 2.40. The summed E-state index contributed by atoms with van der Waals surface area (Å²) in [5, 5.41) is 8.84. The molecule has 1 aliphatic heterocycles. The van der Waals surface area contributed by atoms with E-state index in [1.807, 2.05) is 12.1 Å².